The first-order valence-corrected chi connectivity index (χ1v) is 12.9. The van der Waals surface area contributed by atoms with Crippen molar-refractivity contribution in [3.05, 3.63) is 52.7 Å². The third kappa shape index (κ3) is 6.00. The van der Waals surface area contributed by atoms with Gasteiger partial charge in [-0.25, -0.2) is 9.78 Å². The molecule has 0 saturated heterocycles. The molecule has 1 aromatic carbocycles. The minimum absolute atomic E-state index is 0.473. The van der Waals surface area contributed by atoms with Gasteiger partial charge in [-0.1, -0.05) is 38.2 Å². The van der Waals surface area contributed by atoms with Crippen molar-refractivity contribution >= 4 is 17.3 Å². The number of aryl methyl sites for hydroxylation is 1. The van der Waals surface area contributed by atoms with Crippen LogP contribution in [-0.2, 0) is 17.6 Å². The van der Waals surface area contributed by atoms with Crippen molar-refractivity contribution in [2.24, 2.45) is 5.92 Å². The average Bonchev–Trinajstić information content (AvgIpc) is 3.46. The Hall–Kier alpha value is -2.80. The van der Waals surface area contributed by atoms with Crippen molar-refractivity contribution in [1.82, 2.24) is 4.98 Å². The predicted molar refractivity (Wildman–Crippen MR) is 133 cm³/mol. The van der Waals surface area contributed by atoms with Crippen LogP contribution in [0.1, 0.15) is 63.0 Å². The molecule has 0 unspecified atom stereocenters. The molecule has 0 spiro atoms. The molecule has 4 rings (SSSR count). The molecule has 2 heterocycles. The van der Waals surface area contributed by atoms with Crippen molar-refractivity contribution in [3.63, 3.8) is 0 Å². The molecule has 0 radical (unpaired) electrons. The number of hydrogen-bond donors (Lipinski definition) is 1. The quantitative estimate of drug-likeness (QED) is 0.346. The highest BCUT2D eigenvalue weighted by Gasteiger charge is 2.30. The first kappa shape index (κ1) is 24.3. The molecule has 1 aliphatic rings. The summed E-state index contributed by atoms with van der Waals surface area (Å²) in [5.41, 5.74) is 0.611. The normalized spacial score (nSPS) is 14.8. The van der Waals surface area contributed by atoms with E-state index < -0.39 is 11.6 Å². The lowest BCUT2D eigenvalue weighted by Crippen LogP contribution is -2.38. The number of ether oxygens (including phenoxy) is 2. The van der Waals surface area contributed by atoms with Crippen LogP contribution in [0.4, 0.5) is 0 Å². The topological polar surface area (TPSA) is 81.8 Å². The summed E-state index contributed by atoms with van der Waals surface area (Å²) in [5, 5.41) is 11.5. The number of aromatic nitrogens is 1. The van der Waals surface area contributed by atoms with Gasteiger partial charge in [-0.3, -0.25) is 0 Å². The van der Waals surface area contributed by atoms with E-state index in [1.807, 2.05) is 42.6 Å². The summed E-state index contributed by atoms with van der Waals surface area (Å²) in [6.07, 6.45) is 7.71. The highest BCUT2D eigenvalue weighted by atomic mass is 32.1. The molecule has 6 nitrogen and oxygen atoms in total. The maximum Gasteiger partial charge on any atom is 0.347 e. The van der Waals surface area contributed by atoms with Gasteiger partial charge in [-0.2, -0.15) is 0 Å². The number of rotatable bonds is 10. The summed E-state index contributed by atoms with van der Waals surface area (Å²) in [7, 11) is 0. The number of thiophene rings is 1. The fourth-order valence-corrected chi connectivity index (χ4v) is 5.01. The lowest BCUT2D eigenvalue weighted by Gasteiger charge is -2.26. The van der Waals surface area contributed by atoms with E-state index in [0.717, 1.165) is 34.1 Å². The van der Waals surface area contributed by atoms with Crippen LogP contribution in [0.2, 0.25) is 0 Å². The molecule has 0 bridgehead atoms. The Bertz CT molecular complexity index is 1100. The molecule has 34 heavy (non-hydrogen) atoms. The van der Waals surface area contributed by atoms with Gasteiger partial charge in [-0.05, 0) is 68.3 Å². The van der Waals surface area contributed by atoms with Gasteiger partial charge in [0.05, 0.1) is 17.2 Å². The van der Waals surface area contributed by atoms with E-state index in [0.29, 0.717) is 30.6 Å². The Morgan fingerprint density at radius 3 is 2.74 bits per heavy atom. The van der Waals surface area contributed by atoms with E-state index in [-0.39, 0.29) is 0 Å². The molecular formula is C27H33NO5S. The summed E-state index contributed by atoms with van der Waals surface area (Å²) in [6, 6.07) is 9.69. The molecule has 1 saturated carbocycles. The van der Waals surface area contributed by atoms with E-state index in [1.54, 1.807) is 25.2 Å². The van der Waals surface area contributed by atoms with Crippen molar-refractivity contribution < 1.29 is 23.8 Å². The van der Waals surface area contributed by atoms with Crippen molar-refractivity contribution in [2.75, 3.05) is 6.61 Å². The standard InChI is InChI=1S/C27H33NO5S/c1-18-22(28-25(32-18)24-10-7-15-34-24)13-14-31-21-11-12-23(33-27(2,3)26(29)30)20(17-21)16-19-8-5-4-6-9-19/h7,10-12,15,17,19H,4-6,8-9,13-14,16H2,1-3H3,(H,29,30). The lowest BCUT2D eigenvalue weighted by molar-refractivity contribution is -0.152. The molecule has 182 valence electrons. The number of oxazole rings is 1. The molecule has 1 N–H and O–H groups in total. The van der Waals surface area contributed by atoms with E-state index in [1.165, 1.54) is 32.1 Å². The summed E-state index contributed by atoms with van der Waals surface area (Å²) in [5.74, 6) is 2.45. The Morgan fingerprint density at radius 1 is 1.24 bits per heavy atom. The van der Waals surface area contributed by atoms with Crippen LogP contribution in [0.15, 0.2) is 40.1 Å². The zero-order valence-corrected chi connectivity index (χ0v) is 21.0. The van der Waals surface area contributed by atoms with E-state index >= 15 is 0 Å². The van der Waals surface area contributed by atoms with Crippen molar-refractivity contribution in [2.45, 2.75) is 71.3 Å². The Kier molecular flexibility index (Phi) is 7.61. The zero-order valence-electron chi connectivity index (χ0n) is 20.1. The van der Waals surface area contributed by atoms with Crippen molar-refractivity contribution in [1.29, 1.82) is 0 Å². The van der Waals surface area contributed by atoms with Crippen LogP contribution in [0.5, 0.6) is 11.5 Å². The fourth-order valence-electron chi connectivity index (χ4n) is 4.36. The second-order valence-electron chi connectivity index (χ2n) is 9.49. The Balaban J connectivity index is 1.45. The van der Waals surface area contributed by atoms with Gasteiger partial charge >= 0.3 is 5.97 Å². The molecular weight excluding hydrogens is 450 g/mol. The van der Waals surface area contributed by atoms with Gasteiger partial charge in [0, 0.05) is 6.42 Å². The minimum atomic E-state index is -1.30. The van der Waals surface area contributed by atoms with Gasteiger partial charge in [0.15, 0.2) is 5.60 Å². The van der Waals surface area contributed by atoms with Crippen LogP contribution in [-0.4, -0.2) is 28.3 Å². The highest BCUT2D eigenvalue weighted by molar-refractivity contribution is 7.13. The number of benzene rings is 1. The molecule has 0 amide bonds. The number of carbonyl (C=O) groups is 1. The van der Waals surface area contributed by atoms with Crippen molar-refractivity contribution in [3.8, 4) is 22.3 Å². The Morgan fingerprint density at radius 2 is 2.03 bits per heavy atom. The molecule has 7 heteroatoms. The second kappa shape index (κ2) is 10.6. The molecule has 1 fully saturated rings. The molecule has 3 aromatic rings. The van der Waals surface area contributed by atoms with Gasteiger partial charge in [0.2, 0.25) is 5.89 Å². The zero-order chi connectivity index (χ0) is 24.1. The number of carboxylic acid groups (broad SMARTS) is 1. The average molecular weight is 484 g/mol. The maximum absolute atomic E-state index is 11.6. The number of carboxylic acids is 1. The van der Waals surface area contributed by atoms with Gasteiger partial charge in [0.25, 0.3) is 0 Å². The highest BCUT2D eigenvalue weighted by Crippen LogP contribution is 2.34. The third-order valence-electron chi connectivity index (χ3n) is 6.38. The maximum atomic E-state index is 11.6. The lowest BCUT2D eigenvalue weighted by atomic mass is 9.84. The first-order valence-electron chi connectivity index (χ1n) is 12.0. The van der Waals surface area contributed by atoms with Crippen LogP contribution >= 0.6 is 11.3 Å². The van der Waals surface area contributed by atoms with Gasteiger partial charge in [0.1, 0.15) is 17.3 Å². The summed E-state index contributed by atoms with van der Waals surface area (Å²) >= 11 is 1.61. The number of hydrogen-bond acceptors (Lipinski definition) is 6. The van der Waals surface area contributed by atoms with Crippen LogP contribution in [0.25, 0.3) is 10.8 Å². The molecule has 0 aliphatic heterocycles. The van der Waals surface area contributed by atoms with Crippen LogP contribution in [0, 0.1) is 12.8 Å². The summed E-state index contributed by atoms with van der Waals surface area (Å²) in [4.78, 5) is 17.3. The number of nitrogens with zero attached hydrogens (tertiary/aromatic N) is 1. The third-order valence-corrected chi connectivity index (χ3v) is 7.24. The smallest absolute Gasteiger partial charge is 0.347 e. The van der Waals surface area contributed by atoms with E-state index in [9.17, 15) is 9.90 Å². The SMILES string of the molecule is Cc1oc(-c2cccs2)nc1CCOc1ccc(OC(C)(C)C(=O)O)c(CC2CCCCC2)c1. The largest absolute Gasteiger partial charge is 0.493 e. The molecule has 2 aromatic heterocycles. The number of aliphatic carboxylic acids is 1. The van der Waals surface area contributed by atoms with Gasteiger partial charge in [-0.15, -0.1) is 11.3 Å². The molecule has 1 aliphatic carbocycles. The molecule has 0 atom stereocenters. The van der Waals surface area contributed by atoms with Crippen LogP contribution in [0.3, 0.4) is 0 Å². The van der Waals surface area contributed by atoms with Gasteiger partial charge < -0.3 is 19.0 Å². The fraction of sp³-hybridized carbons (Fsp3) is 0.481. The summed E-state index contributed by atoms with van der Waals surface area (Å²) in [6.45, 7) is 5.56. The van der Waals surface area contributed by atoms with E-state index in [2.05, 4.69) is 4.98 Å². The van der Waals surface area contributed by atoms with Crippen LogP contribution < -0.4 is 9.47 Å². The minimum Gasteiger partial charge on any atom is -0.493 e. The summed E-state index contributed by atoms with van der Waals surface area (Å²) < 4.78 is 17.8. The van der Waals surface area contributed by atoms with E-state index in [4.69, 9.17) is 13.9 Å². The second-order valence-corrected chi connectivity index (χ2v) is 10.4. The predicted octanol–water partition coefficient (Wildman–Crippen LogP) is 6.70. The monoisotopic (exact) mass is 483 g/mol. The first-order chi connectivity index (χ1) is 16.3. The Labute approximate surface area is 204 Å².